The molecule has 0 heteroatoms. The number of hydrogen-bond donors (Lipinski definition) is 0. The van der Waals surface area contributed by atoms with Crippen molar-refractivity contribution in [2.24, 2.45) is 5.92 Å². The first-order valence-electron chi connectivity index (χ1n) is 4.73. The van der Waals surface area contributed by atoms with E-state index < -0.39 is 0 Å². The molecule has 12 heavy (non-hydrogen) atoms. The van der Waals surface area contributed by atoms with Crippen molar-refractivity contribution in [3.63, 3.8) is 0 Å². The van der Waals surface area contributed by atoms with Crippen LogP contribution in [0.25, 0.3) is 0 Å². The van der Waals surface area contributed by atoms with Crippen molar-refractivity contribution >= 4 is 0 Å². The van der Waals surface area contributed by atoms with Gasteiger partial charge in [0.2, 0.25) is 0 Å². The van der Waals surface area contributed by atoms with Gasteiger partial charge in [-0.15, -0.1) is 0 Å². The Kier molecular flexibility index (Phi) is 4.96. The van der Waals surface area contributed by atoms with Gasteiger partial charge in [-0.2, -0.15) is 0 Å². The fourth-order valence-corrected chi connectivity index (χ4v) is 0.929. The van der Waals surface area contributed by atoms with Crippen molar-refractivity contribution in [1.29, 1.82) is 0 Å². The number of rotatable bonds is 4. The van der Waals surface area contributed by atoms with Crippen LogP contribution in [0.5, 0.6) is 0 Å². The zero-order chi connectivity index (χ0) is 9.72. The highest BCUT2D eigenvalue weighted by molar-refractivity contribution is 5.07. The lowest BCUT2D eigenvalue weighted by molar-refractivity contribution is 0.611. The lowest BCUT2D eigenvalue weighted by Crippen LogP contribution is -1.95. The minimum absolute atomic E-state index is 0.666. The summed E-state index contributed by atoms with van der Waals surface area (Å²) in [5, 5.41) is 0. The second-order valence-corrected chi connectivity index (χ2v) is 4.07. The standard InChI is InChI=1S/C12H22/c1-9(2)11(5)7-8-12(6)10(3)4/h11H,1,7-8H2,2-6H3. The highest BCUT2D eigenvalue weighted by Gasteiger charge is 2.02. The zero-order valence-electron chi connectivity index (χ0n) is 9.20. The van der Waals surface area contributed by atoms with Gasteiger partial charge in [0.25, 0.3) is 0 Å². The van der Waals surface area contributed by atoms with E-state index in [1.54, 1.807) is 0 Å². The van der Waals surface area contributed by atoms with Crippen LogP contribution in [0, 0.1) is 5.92 Å². The van der Waals surface area contributed by atoms with E-state index in [1.165, 1.54) is 29.6 Å². The fourth-order valence-electron chi connectivity index (χ4n) is 0.929. The van der Waals surface area contributed by atoms with Crippen LogP contribution >= 0.6 is 0 Å². The van der Waals surface area contributed by atoms with Gasteiger partial charge in [-0.25, -0.2) is 0 Å². The molecular formula is C12H22. The van der Waals surface area contributed by atoms with Gasteiger partial charge in [0.15, 0.2) is 0 Å². The molecule has 1 atom stereocenters. The molecule has 0 aliphatic rings. The van der Waals surface area contributed by atoms with E-state index in [4.69, 9.17) is 0 Å². The van der Waals surface area contributed by atoms with Crippen LogP contribution < -0.4 is 0 Å². The van der Waals surface area contributed by atoms with E-state index in [9.17, 15) is 0 Å². The molecule has 0 fully saturated rings. The maximum Gasteiger partial charge on any atom is -0.0234 e. The Hall–Kier alpha value is -0.520. The lowest BCUT2D eigenvalue weighted by atomic mass is 9.95. The maximum atomic E-state index is 3.96. The molecule has 0 spiro atoms. The Morgan fingerprint density at radius 1 is 1.17 bits per heavy atom. The van der Waals surface area contributed by atoms with Gasteiger partial charge in [0.05, 0.1) is 0 Å². The van der Waals surface area contributed by atoms with Crippen molar-refractivity contribution in [1.82, 2.24) is 0 Å². The molecule has 0 saturated heterocycles. The first-order chi connectivity index (χ1) is 5.45. The molecular weight excluding hydrogens is 144 g/mol. The van der Waals surface area contributed by atoms with Gasteiger partial charge >= 0.3 is 0 Å². The fraction of sp³-hybridized carbons (Fsp3) is 0.667. The second-order valence-electron chi connectivity index (χ2n) is 4.07. The molecule has 0 N–H and O–H groups in total. The van der Waals surface area contributed by atoms with Crippen LogP contribution in [0.15, 0.2) is 23.3 Å². The van der Waals surface area contributed by atoms with Gasteiger partial charge in [0.1, 0.15) is 0 Å². The number of allylic oxidation sites excluding steroid dienone is 3. The molecule has 0 radical (unpaired) electrons. The predicted octanol–water partition coefficient (Wildman–Crippen LogP) is 4.34. The largest absolute Gasteiger partial charge is 0.0999 e. The highest BCUT2D eigenvalue weighted by atomic mass is 14.1. The Labute approximate surface area is 77.4 Å². The summed E-state index contributed by atoms with van der Waals surface area (Å²) in [5.41, 5.74) is 4.29. The summed E-state index contributed by atoms with van der Waals surface area (Å²) in [4.78, 5) is 0. The summed E-state index contributed by atoms with van der Waals surface area (Å²) < 4.78 is 0. The van der Waals surface area contributed by atoms with Crippen molar-refractivity contribution in [3.8, 4) is 0 Å². The maximum absolute atomic E-state index is 3.96. The van der Waals surface area contributed by atoms with Crippen LogP contribution in [0.1, 0.15) is 47.5 Å². The molecule has 1 unspecified atom stereocenters. The summed E-state index contributed by atoms with van der Waals surface area (Å²) >= 11 is 0. The van der Waals surface area contributed by atoms with E-state index in [0.29, 0.717) is 5.92 Å². The third kappa shape index (κ3) is 4.38. The quantitative estimate of drug-likeness (QED) is 0.545. The molecule has 0 aliphatic heterocycles. The van der Waals surface area contributed by atoms with E-state index in [2.05, 4.69) is 41.2 Å². The van der Waals surface area contributed by atoms with E-state index >= 15 is 0 Å². The summed E-state index contributed by atoms with van der Waals surface area (Å²) in [7, 11) is 0. The molecule has 0 saturated carbocycles. The van der Waals surface area contributed by atoms with Gasteiger partial charge in [-0.3, -0.25) is 0 Å². The van der Waals surface area contributed by atoms with Crippen molar-refractivity contribution in [2.75, 3.05) is 0 Å². The Balaban J connectivity index is 3.85. The van der Waals surface area contributed by atoms with Gasteiger partial charge in [0, 0.05) is 0 Å². The summed E-state index contributed by atoms with van der Waals surface area (Å²) in [6.07, 6.45) is 2.46. The average Bonchev–Trinajstić information content (AvgIpc) is 1.98. The SMILES string of the molecule is C=C(C)C(C)CCC(C)=C(C)C. The molecule has 0 aromatic carbocycles. The zero-order valence-corrected chi connectivity index (χ0v) is 9.20. The predicted molar refractivity (Wildman–Crippen MR) is 57.3 cm³/mol. The molecule has 0 rings (SSSR count). The minimum atomic E-state index is 0.666. The smallest absolute Gasteiger partial charge is 0.0234 e. The molecule has 0 bridgehead atoms. The Bertz CT molecular complexity index is 180. The van der Waals surface area contributed by atoms with Crippen molar-refractivity contribution < 1.29 is 0 Å². The first kappa shape index (κ1) is 11.5. The van der Waals surface area contributed by atoms with Crippen molar-refractivity contribution in [3.05, 3.63) is 23.3 Å². The lowest BCUT2D eigenvalue weighted by Gasteiger charge is -2.11. The van der Waals surface area contributed by atoms with E-state index in [0.717, 1.165) is 0 Å². The van der Waals surface area contributed by atoms with Gasteiger partial charge in [-0.1, -0.05) is 30.2 Å². The van der Waals surface area contributed by atoms with Crippen LogP contribution in [0.3, 0.4) is 0 Å². The third-order valence-corrected chi connectivity index (χ3v) is 2.65. The molecule has 0 aromatic rings. The monoisotopic (exact) mass is 166 g/mol. The third-order valence-electron chi connectivity index (χ3n) is 2.65. The highest BCUT2D eigenvalue weighted by Crippen LogP contribution is 2.18. The summed E-state index contributed by atoms with van der Waals surface area (Å²) in [5.74, 6) is 0.666. The van der Waals surface area contributed by atoms with E-state index in [-0.39, 0.29) is 0 Å². The van der Waals surface area contributed by atoms with Crippen LogP contribution in [0.4, 0.5) is 0 Å². The Morgan fingerprint density at radius 2 is 1.67 bits per heavy atom. The Morgan fingerprint density at radius 3 is 2.00 bits per heavy atom. The van der Waals surface area contributed by atoms with Gasteiger partial charge < -0.3 is 0 Å². The molecule has 0 heterocycles. The molecule has 0 aliphatic carbocycles. The van der Waals surface area contributed by atoms with Crippen LogP contribution in [-0.2, 0) is 0 Å². The summed E-state index contributed by atoms with van der Waals surface area (Å²) in [6.45, 7) is 14.9. The topological polar surface area (TPSA) is 0 Å². The normalized spacial score (nSPS) is 12.4. The molecule has 70 valence electrons. The minimum Gasteiger partial charge on any atom is -0.0999 e. The second kappa shape index (κ2) is 5.18. The summed E-state index contributed by atoms with van der Waals surface area (Å²) in [6, 6.07) is 0. The van der Waals surface area contributed by atoms with Gasteiger partial charge in [-0.05, 0) is 46.5 Å². The average molecular weight is 166 g/mol. The van der Waals surface area contributed by atoms with Crippen LogP contribution in [-0.4, -0.2) is 0 Å². The molecule has 0 aromatic heterocycles. The van der Waals surface area contributed by atoms with Crippen LogP contribution in [0.2, 0.25) is 0 Å². The van der Waals surface area contributed by atoms with E-state index in [1.807, 2.05) is 0 Å². The number of hydrogen-bond acceptors (Lipinski definition) is 0. The molecule has 0 amide bonds. The molecule has 0 nitrogen and oxygen atoms in total. The van der Waals surface area contributed by atoms with Crippen molar-refractivity contribution in [2.45, 2.75) is 47.5 Å². The first-order valence-corrected chi connectivity index (χ1v) is 4.73.